The Kier molecular flexibility index (Phi) is 6.86. The standard InChI is InChI=1S/C28H27N3O3S/c1-18(2)26(20-12-13-23-24(16-20)34-15-14-33-23)29-25(32)17-35-28-22-11-7-6-10-21(22)27(30-31-28)19-8-4-3-5-9-19/h3-13,16,18,26H,14-15,17H2,1-2H3,(H,29,32). The van der Waals surface area contributed by atoms with E-state index >= 15 is 0 Å². The Bertz CT molecular complexity index is 1340. The van der Waals surface area contributed by atoms with Gasteiger partial charge in [-0.25, -0.2) is 0 Å². The number of ether oxygens (including phenoxy) is 2. The lowest BCUT2D eigenvalue weighted by molar-refractivity contribution is -0.119. The molecule has 178 valence electrons. The molecule has 35 heavy (non-hydrogen) atoms. The van der Waals surface area contributed by atoms with Crippen LogP contribution in [0.1, 0.15) is 25.5 Å². The second kappa shape index (κ2) is 10.4. The maximum absolute atomic E-state index is 13.0. The molecule has 0 spiro atoms. The van der Waals surface area contributed by atoms with Crippen molar-refractivity contribution < 1.29 is 14.3 Å². The molecule has 0 bridgehead atoms. The Morgan fingerprint density at radius 2 is 1.63 bits per heavy atom. The first-order chi connectivity index (χ1) is 17.1. The summed E-state index contributed by atoms with van der Waals surface area (Å²) in [4.78, 5) is 13.0. The third-order valence-electron chi connectivity index (χ3n) is 5.95. The van der Waals surface area contributed by atoms with Crippen molar-refractivity contribution in [3.63, 3.8) is 0 Å². The van der Waals surface area contributed by atoms with Crippen LogP contribution in [0.3, 0.4) is 0 Å². The van der Waals surface area contributed by atoms with Crippen LogP contribution in [-0.2, 0) is 4.79 Å². The van der Waals surface area contributed by atoms with E-state index in [2.05, 4.69) is 29.4 Å². The fourth-order valence-electron chi connectivity index (χ4n) is 4.23. The van der Waals surface area contributed by atoms with Crippen molar-refractivity contribution in [2.24, 2.45) is 5.92 Å². The monoisotopic (exact) mass is 485 g/mol. The molecule has 1 atom stereocenters. The van der Waals surface area contributed by atoms with Gasteiger partial charge in [-0.05, 0) is 23.6 Å². The highest BCUT2D eigenvalue weighted by Gasteiger charge is 2.22. The predicted molar refractivity (Wildman–Crippen MR) is 139 cm³/mol. The second-order valence-corrected chi connectivity index (χ2v) is 9.71. The number of benzene rings is 3. The van der Waals surface area contributed by atoms with Gasteiger partial charge in [-0.1, -0.05) is 86.3 Å². The van der Waals surface area contributed by atoms with Gasteiger partial charge in [-0.15, -0.1) is 10.2 Å². The van der Waals surface area contributed by atoms with Crippen LogP contribution < -0.4 is 14.8 Å². The number of fused-ring (bicyclic) bond motifs is 2. The lowest BCUT2D eigenvalue weighted by Crippen LogP contribution is -2.33. The Morgan fingerprint density at radius 1 is 0.914 bits per heavy atom. The van der Waals surface area contributed by atoms with Crippen LogP contribution in [0.5, 0.6) is 11.5 Å². The lowest BCUT2D eigenvalue weighted by atomic mass is 9.95. The minimum absolute atomic E-state index is 0.0541. The van der Waals surface area contributed by atoms with Crippen LogP contribution in [0.2, 0.25) is 0 Å². The zero-order valence-electron chi connectivity index (χ0n) is 19.7. The maximum Gasteiger partial charge on any atom is 0.230 e. The van der Waals surface area contributed by atoms with Gasteiger partial charge in [-0.3, -0.25) is 4.79 Å². The summed E-state index contributed by atoms with van der Waals surface area (Å²) in [7, 11) is 0. The van der Waals surface area contributed by atoms with Gasteiger partial charge in [0, 0.05) is 16.3 Å². The topological polar surface area (TPSA) is 73.3 Å². The molecule has 1 aliphatic heterocycles. The number of carbonyl (C=O) groups is 1. The molecule has 5 rings (SSSR count). The van der Waals surface area contributed by atoms with Gasteiger partial charge in [0.15, 0.2) is 11.5 Å². The van der Waals surface area contributed by atoms with E-state index in [1.165, 1.54) is 11.8 Å². The van der Waals surface area contributed by atoms with Gasteiger partial charge < -0.3 is 14.8 Å². The summed E-state index contributed by atoms with van der Waals surface area (Å²) in [5.41, 5.74) is 2.86. The number of carbonyl (C=O) groups excluding carboxylic acids is 1. The molecular formula is C28H27N3O3S. The average Bonchev–Trinajstić information content (AvgIpc) is 2.90. The fraction of sp³-hybridized carbons (Fsp3) is 0.250. The SMILES string of the molecule is CC(C)C(NC(=O)CSc1nnc(-c2ccccc2)c2ccccc12)c1ccc2c(c1)OCCO2. The van der Waals surface area contributed by atoms with Gasteiger partial charge >= 0.3 is 0 Å². The number of hydrogen-bond donors (Lipinski definition) is 1. The van der Waals surface area contributed by atoms with Gasteiger partial charge in [0.25, 0.3) is 0 Å². The molecule has 1 unspecified atom stereocenters. The number of nitrogens with one attached hydrogen (secondary N) is 1. The molecule has 6 nitrogen and oxygen atoms in total. The second-order valence-electron chi connectivity index (χ2n) is 8.75. The third-order valence-corrected chi connectivity index (χ3v) is 6.93. The molecule has 3 aromatic carbocycles. The minimum atomic E-state index is -0.137. The van der Waals surface area contributed by atoms with Crippen LogP contribution in [0.25, 0.3) is 22.0 Å². The van der Waals surface area contributed by atoms with Gasteiger partial charge in [0.1, 0.15) is 23.9 Å². The van der Waals surface area contributed by atoms with E-state index in [1.807, 2.05) is 72.8 Å². The van der Waals surface area contributed by atoms with Crippen molar-refractivity contribution in [2.45, 2.75) is 24.9 Å². The number of thioether (sulfide) groups is 1. The van der Waals surface area contributed by atoms with Crippen LogP contribution in [0, 0.1) is 5.92 Å². The molecule has 1 aromatic heterocycles. The number of nitrogens with zero attached hydrogens (tertiary/aromatic N) is 2. The Hall–Kier alpha value is -3.58. The molecule has 0 saturated heterocycles. The largest absolute Gasteiger partial charge is 0.486 e. The quantitative estimate of drug-likeness (QED) is 0.340. The first-order valence-corrected chi connectivity index (χ1v) is 12.7. The smallest absolute Gasteiger partial charge is 0.230 e. The molecular weight excluding hydrogens is 458 g/mol. The molecule has 1 aliphatic rings. The van der Waals surface area contributed by atoms with E-state index in [-0.39, 0.29) is 23.6 Å². The third kappa shape index (κ3) is 5.10. The van der Waals surface area contributed by atoms with Crippen molar-refractivity contribution in [1.29, 1.82) is 0 Å². The molecule has 1 amide bonds. The van der Waals surface area contributed by atoms with Crippen molar-refractivity contribution >= 4 is 28.4 Å². The summed E-state index contributed by atoms with van der Waals surface area (Å²) in [5.74, 6) is 1.87. The number of rotatable bonds is 7. The van der Waals surface area contributed by atoms with E-state index in [9.17, 15) is 4.79 Å². The summed E-state index contributed by atoms with van der Waals surface area (Å²) >= 11 is 1.40. The summed E-state index contributed by atoms with van der Waals surface area (Å²) in [6.07, 6.45) is 0. The summed E-state index contributed by atoms with van der Waals surface area (Å²) < 4.78 is 11.4. The zero-order valence-corrected chi connectivity index (χ0v) is 20.5. The van der Waals surface area contributed by atoms with E-state index in [4.69, 9.17) is 9.47 Å². The Balaban J connectivity index is 1.32. The highest BCUT2D eigenvalue weighted by Crippen LogP contribution is 2.35. The normalized spacial score (nSPS) is 13.6. The fourth-order valence-corrected chi connectivity index (χ4v) is 5.02. The number of amides is 1. The van der Waals surface area contributed by atoms with Crippen molar-refractivity contribution in [1.82, 2.24) is 15.5 Å². The molecule has 1 N–H and O–H groups in total. The highest BCUT2D eigenvalue weighted by atomic mass is 32.2. The van der Waals surface area contributed by atoms with Crippen LogP contribution in [0.4, 0.5) is 0 Å². The van der Waals surface area contributed by atoms with Crippen molar-refractivity contribution in [2.75, 3.05) is 19.0 Å². The first-order valence-electron chi connectivity index (χ1n) is 11.7. The molecule has 0 aliphatic carbocycles. The molecule has 0 radical (unpaired) electrons. The minimum Gasteiger partial charge on any atom is -0.486 e. The van der Waals surface area contributed by atoms with E-state index in [0.29, 0.717) is 13.2 Å². The number of hydrogen-bond acceptors (Lipinski definition) is 6. The number of aromatic nitrogens is 2. The molecule has 2 heterocycles. The Morgan fingerprint density at radius 3 is 2.40 bits per heavy atom. The Labute approximate surface area is 209 Å². The molecule has 7 heteroatoms. The highest BCUT2D eigenvalue weighted by molar-refractivity contribution is 8.00. The van der Waals surface area contributed by atoms with E-state index in [1.54, 1.807) is 0 Å². The summed E-state index contributed by atoms with van der Waals surface area (Å²) in [5, 5.41) is 14.9. The lowest BCUT2D eigenvalue weighted by Gasteiger charge is -2.25. The molecule has 0 fully saturated rings. The van der Waals surface area contributed by atoms with Gasteiger partial charge in [-0.2, -0.15) is 0 Å². The van der Waals surface area contributed by atoms with E-state index < -0.39 is 0 Å². The first kappa shape index (κ1) is 23.2. The van der Waals surface area contributed by atoms with Crippen LogP contribution in [0.15, 0.2) is 77.8 Å². The zero-order chi connectivity index (χ0) is 24.2. The maximum atomic E-state index is 13.0. The van der Waals surface area contributed by atoms with Crippen molar-refractivity contribution in [3.05, 3.63) is 78.4 Å². The van der Waals surface area contributed by atoms with E-state index in [0.717, 1.165) is 44.1 Å². The van der Waals surface area contributed by atoms with Crippen molar-refractivity contribution in [3.8, 4) is 22.8 Å². The summed E-state index contributed by atoms with van der Waals surface area (Å²) in [6, 6.07) is 23.8. The average molecular weight is 486 g/mol. The van der Waals surface area contributed by atoms with Gasteiger partial charge in [0.2, 0.25) is 5.91 Å². The van der Waals surface area contributed by atoms with Crippen LogP contribution >= 0.6 is 11.8 Å². The summed E-state index contributed by atoms with van der Waals surface area (Å²) in [6.45, 7) is 5.27. The van der Waals surface area contributed by atoms with Gasteiger partial charge in [0.05, 0.1) is 11.8 Å². The van der Waals surface area contributed by atoms with Crippen LogP contribution in [-0.4, -0.2) is 35.1 Å². The molecule has 4 aromatic rings. The predicted octanol–water partition coefficient (Wildman–Crippen LogP) is 5.67. The molecule has 0 saturated carbocycles.